The van der Waals surface area contributed by atoms with E-state index in [2.05, 4.69) is 14.7 Å². The number of sulfonamides is 1. The Labute approximate surface area is 124 Å². The van der Waals surface area contributed by atoms with Gasteiger partial charge in [0.15, 0.2) is 0 Å². The monoisotopic (exact) mass is 309 g/mol. The van der Waals surface area contributed by atoms with Crippen LogP contribution in [0.4, 0.5) is 0 Å². The predicted octanol–water partition coefficient (Wildman–Crippen LogP) is 1.72. The highest BCUT2D eigenvalue weighted by Crippen LogP contribution is 2.18. The third-order valence-electron chi connectivity index (χ3n) is 3.60. The van der Waals surface area contributed by atoms with Crippen molar-refractivity contribution in [2.24, 2.45) is 0 Å². The van der Waals surface area contributed by atoms with Crippen LogP contribution in [0.3, 0.4) is 0 Å². The van der Waals surface area contributed by atoms with Crippen molar-refractivity contribution in [2.45, 2.75) is 31.9 Å². The first kappa shape index (κ1) is 14.5. The van der Waals surface area contributed by atoms with Crippen molar-refractivity contribution in [3.63, 3.8) is 0 Å². The Balaban J connectivity index is 1.71. The Morgan fingerprint density at radius 1 is 1.48 bits per heavy atom. The van der Waals surface area contributed by atoms with Gasteiger partial charge in [0.25, 0.3) is 0 Å². The smallest absolute Gasteiger partial charge is 0.214 e. The van der Waals surface area contributed by atoms with Gasteiger partial charge in [-0.1, -0.05) is 12.1 Å². The molecule has 2 unspecified atom stereocenters. The zero-order valence-electron chi connectivity index (χ0n) is 11.9. The normalized spacial score (nSPS) is 20.9. The van der Waals surface area contributed by atoms with Crippen molar-refractivity contribution in [1.82, 2.24) is 14.7 Å². The number of hydrogen-bond acceptors (Lipinski definition) is 4. The number of H-pyrrole nitrogens is 1. The molecule has 1 saturated heterocycles. The molecule has 3 rings (SSSR count). The molecule has 0 bridgehead atoms. The number of fused-ring (bicyclic) bond motifs is 1. The van der Waals surface area contributed by atoms with E-state index in [0.29, 0.717) is 12.4 Å². The van der Waals surface area contributed by atoms with Crippen LogP contribution in [0.15, 0.2) is 24.3 Å². The van der Waals surface area contributed by atoms with E-state index in [0.717, 1.165) is 23.9 Å². The summed E-state index contributed by atoms with van der Waals surface area (Å²) in [5, 5.41) is 0. The van der Waals surface area contributed by atoms with Gasteiger partial charge >= 0.3 is 0 Å². The van der Waals surface area contributed by atoms with E-state index in [4.69, 9.17) is 4.74 Å². The second-order valence-electron chi connectivity index (χ2n) is 5.40. The highest BCUT2D eigenvalue weighted by atomic mass is 32.2. The molecular weight excluding hydrogens is 290 g/mol. The van der Waals surface area contributed by atoms with Crippen molar-refractivity contribution in [2.75, 3.05) is 12.4 Å². The molecule has 1 aromatic heterocycles. The third kappa shape index (κ3) is 3.42. The number of ether oxygens (including phenoxy) is 1. The molecule has 1 aliphatic rings. The van der Waals surface area contributed by atoms with E-state index in [-0.39, 0.29) is 11.9 Å². The fourth-order valence-corrected chi connectivity index (χ4v) is 4.07. The molecule has 2 aromatic rings. The predicted molar refractivity (Wildman–Crippen MR) is 80.4 cm³/mol. The van der Waals surface area contributed by atoms with Crippen LogP contribution in [-0.4, -0.2) is 36.8 Å². The van der Waals surface area contributed by atoms with E-state index >= 15 is 0 Å². The molecule has 114 valence electrons. The lowest BCUT2D eigenvalue weighted by Crippen LogP contribution is -2.34. The lowest BCUT2D eigenvalue weighted by atomic mass is 10.3. The van der Waals surface area contributed by atoms with Crippen molar-refractivity contribution in [3.8, 4) is 0 Å². The van der Waals surface area contributed by atoms with Gasteiger partial charge in [0.1, 0.15) is 5.82 Å². The number of nitrogens with one attached hydrogen (secondary N) is 2. The number of para-hydroxylation sites is 2. The molecule has 2 atom stereocenters. The molecule has 7 heteroatoms. The first-order chi connectivity index (χ1) is 10.0. The molecule has 0 saturated carbocycles. The van der Waals surface area contributed by atoms with Gasteiger partial charge in [-0.3, -0.25) is 0 Å². The molecule has 2 N–H and O–H groups in total. The van der Waals surface area contributed by atoms with Gasteiger partial charge < -0.3 is 9.72 Å². The summed E-state index contributed by atoms with van der Waals surface area (Å²) in [6, 6.07) is 7.22. The molecule has 0 aliphatic carbocycles. The average molecular weight is 309 g/mol. The molecule has 1 aliphatic heterocycles. The lowest BCUT2D eigenvalue weighted by molar-refractivity contribution is 0.127. The quantitative estimate of drug-likeness (QED) is 0.881. The van der Waals surface area contributed by atoms with Crippen LogP contribution >= 0.6 is 0 Å². The summed E-state index contributed by atoms with van der Waals surface area (Å²) in [5.74, 6) is 0.629. The molecular formula is C14H19N3O3S. The Morgan fingerprint density at radius 2 is 2.29 bits per heavy atom. The van der Waals surface area contributed by atoms with Crippen LogP contribution < -0.4 is 4.72 Å². The van der Waals surface area contributed by atoms with Crippen LogP contribution in [0.2, 0.25) is 0 Å². The average Bonchev–Trinajstić information content (AvgIpc) is 3.05. The van der Waals surface area contributed by atoms with Gasteiger partial charge in [0.05, 0.1) is 28.9 Å². The zero-order valence-corrected chi connectivity index (χ0v) is 12.7. The van der Waals surface area contributed by atoms with Crippen LogP contribution in [0.5, 0.6) is 0 Å². The molecule has 0 amide bonds. The Hall–Kier alpha value is -1.44. The summed E-state index contributed by atoms with van der Waals surface area (Å²) >= 11 is 0. The number of aromatic amines is 1. The maximum Gasteiger partial charge on any atom is 0.214 e. The van der Waals surface area contributed by atoms with E-state index in [1.165, 1.54) is 0 Å². The van der Waals surface area contributed by atoms with Gasteiger partial charge in [-0.2, -0.15) is 0 Å². The zero-order chi connectivity index (χ0) is 14.9. The topological polar surface area (TPSA) is 84.1 Å². The number of hydrogen-bond donors (Lipinski definition) is 2. The van der Waals surface area contributed by atoms with Crippen molar-refractivity contribution in [1.29, 1.82) is 0 Å². The number of rotatable bonds is 5. The molecule has 1 aromatic carbocycles. The molecule has 0 spiro atoms. The van der Waals surface area contributed by atoms with Crippen molar-refractivity contribution < 1.29 is 13.2 Å². The highest BCUT2D eigenvalue weighted by molar-refractivity contribution is 7.89. The summed E-state index contributed by atoms with van der Waals surface area (Å²) in [5.41, 5.74) is 1.73. The van der Waals surface area contributed by atoms with Gasteiger partial charge in [-0.25, -0.2) is 18.1 Å². The van der Waals surface area contributed by atoms with E-state index < -0.39 is 16.1 Å². The number of nitrogens with zero attached hydrogens (tertiary/aromatic N) is 1. The van der Waals surface area contributed by atoms with E-state index in [1.807, 2.05) is 24.3 Å². The Morgan fingerprint density at radius 3 is 3.00 bits per heavy atom. The summed E-state index contributed by atoms with van der Waals surface area (Å²) < 4.78 is 32.3. The van der Waals surface area contributed by atoms with E-state index in [1.54, 1.807) is 6.92 Å². The number of benzene rings is 1. The first-order valence-electron chi connectivity index (χ1n) is 7.10. The summed E-state index contributed by atoms with van der Waals surface area (Å²) in [7, 11) is -3.38. The summed E-state index contributed by atoms with van der Waals surface area (Å²) in [6.45, 7) is 2.43. The van der Waals surface area contributed by atoms with Gasteiger partial charge in [-0.15, -0.1) is 0 Å². The number of imidazole rings is 1. The first-order valence-corrected chi connectivity index (χ1v) is 8.75. The third-order valence-corrected chi connectivity index (χ3v) is 5.13. The standard InChI is InChI=1S/C14H19N3O3S/c1-10(14-15-12-6-2-3-7-13(12)16-14)17-21(18,19)9-11-5-4-8-20-11/h2-3,6-7,10-11,17H,4-5,8-9H2,1H3,(H,15,16). The van der Waals surface area contributed by atoms with Crippen LogP contribution in [0.1, 0.15) is 31.6 Å². The molecule has 6 nitrogen and oxygen atoms in total. The summed E-state index contributed by atoms with van der Waals surface area (Å²) in [6.07, 6.45) is 1.55. The van der Waals surface area contributed by atoms with Crippen molar-refractivity contribution >= 4 is 21.1 Å². The minimum absolute atomic E-state index is 0.0115. The maximum atomic E-state index is 12.2. The molecule has 0 radical (unpaired) electrons. The van der Waals surface area contributed by atoms with Crippen LogP contribution in [0.25, 0.3) is 11.0 Å². The Bertz CT molecular complexity index is 687. The van der Waals surface area contributed by atoms with Crippen molar-refractivity contribution in [3.05, 3.63) is 30.1 Å². The van der Waals surface area contributed by atoms with E-state index in [9.17, 15) is 8.42 Å². The van der Waals surface area contributed by atoms with Gasteiger partial charge in [0.2, 0.25) is 10.0 Å². The molecule has 2 heterocycles. The lowest BCUT2D eigenvalue weighted by Gasteiger charge is -2.14. The minimum atomic E-state index is -3.38. The number of aromatic nitrogens is 2. The molecule has 21 heavy (non-hydrogen) atoms. The second kappa shape index (κ2) is 5.75. The SMILES string of the molecule is CC(NS(=O)(=O)CC1CCCO1)c1nc2ccccc2[nH]1. The molecule has 1 fully saturated rings. The van der Waals surface area contributed by atoms with Gasteiger partial charge in [0, 0.05) is 6.61 Å². The van der Waals surface area contributed by atoms with Crippen LogP contribution in [0, 0.1) is 0 Å². The summed E-state index contributed by atoms with van der Waals surface area (Å²) in [4.78, 5) is 7.56. The fraction of sp³-hybridized carbons (Fsp3) is 0.500. The highest BCUT2D eigenvalue weighted by Gasteiger charge is 2.25. The van der Waals surface area contributed by atoms with Crippen LogP contribution in [-0.2, 0) is 14.8 Å². The fourth-order valence-electron chi connectivity index (χ4n) is 2.57. The minimum Gasteiger partial charge on any atom is -0.377 e. The largest absolute Gasteiger partial charge is 0.377 e. The second-order valence-corrected chi connectivity index (χ2v) is 7.19. The Kier molecular flexibility index (Phi) is 3.97. The maximum absolute atomic E-state index is 12.2. The van der Waals surface area contributed by atoms with Gasteiger partial charge in [-0.05, 0) is 31.9 Å².